The minimum absolute atomic E-state index is 0.130. The van der Waals surface area contributed by atoms with Crippen molar-refractivity contribution in [3.05, 3.63) is 39.0 Å². The van der Waals surface area contributed by atoms with Gasteiger partial charge in [0.25, 0.3) is 0 Å². The number of aromatic carboxylic acids is 1. The summed E-state index contributed by atoms with van der Waals surface area (Å²) < 4.78 is 0. The van der Waals surface area contributed by atoms with Crippen molar-refractivity contribution in [2.24, 2.45) is 5.11 Å². The van der Waals surface area contributed by atoms with Crippen LogP contribution in [0.4, 0.5) is 0 Å². The molecule has 0 bridgehead atoms. The number of rotatable bonds is 5. The van der Waals surface area contributed by atoms with E-state index in [1.165, 1.54) is 6.07 Å². The molecule has 1 heterocycles. The molecule has 0 saturated heterocycles. The number of carbonyl (C=O) groups is 1. The smallest absolute Gasteiger partial charge is 0.356 e. The molecule has 0 aliphatic heterocycles. The number of azide groups is 1. The van der Waals surface area contributed by atoms with Gasteiger partial charge in [0.1, 0.15) is 6.10 Å². The predicted octanol–water partition coefficient (Wildman–Crippen LogP) is 1.14. The van der Waals surface area contributed by atoms with Crippen LogP contribution >= 0.6 is 11.6 Å². The zero-order chi connectivity index (χ0) is 13.7. The van der Waals surface area contributed by atoms with Gasteiger partial charge >= 0.3 is 5.97 Å². The van der Waals surface area contributed by atoms with Gasteiger partial charge in [0, 0.05) is 16.7 Å². The molecule has 2 unspecified atom stereocenters. The molecule has 0 aromatic carbocycles. The molecular formula is C9H9ClN4O4. The van der Waals surface area contributed by atoms with Crippen molar-refractivity contribution in [3.8, 4) is 0 Å². The molecule has 0 aliphatic rings. The van der Waals surface area contributed by atoms with E-state index in [1.54, 1.807) is 0 Å². The van der Waals surface area contributed by atoms with Crippen molar-refractivity contribution in [1.82, 2.24) is 4.98 Å². The largest absolute Gasteiger partial charge is 0.476 e. The number of halogens is 1. The maximum Gasteiger partial charge on any atom is 0.356 e. The molecule has 0 amide bonds. The van der Waals surface area contributed by atoms with Gasteiger partial charge in [0.2, 0.25) is 0 Å². The lowest BCUT2D eigenvalue weighted by atomic mass is 10.1. The van der Waals surface area contributed by atoms with Crippen LogP contribution in [0, 0.1) is 0 Å². The Morgan fingerprint density at radius 1 is 1.61 bits per heavy atom. The first-order chi connectivity index (χ1) is 8.47. The van der Waals surface area contributed by atoms with Gasteiger partial charge in [-0.25, -0.2) is 9.78 Å². The summed E-state index contributed by atoms with van der Waals surface area (Å²) in [6.07, 6.45) is -1.61. The number of aromatic nitrogens is 1. The van der Waals surface area contributed by atoms with Crippen LogP contribution in [0.2, 0.25) is 5.02 Å². The highest BCUT2D eigenvalue weighted by Gasteiger charge is 2.20. The first-order valence-electron chi connectivity index (χ1n) is 4.73. The molecule has 1 rings (SSSR count). The topological polar surface area (TPSA) is 139 Å². The van der Waals surface area contributed by atoms with Crippen LogP contribution in [-0.4, -0.2) is 38.9 Å². The molecule has 0 radical (unpaired) electrons. The standard InChI is InChI=1S/C9H9ClN4O4/c10-5-1-4(2-12-7(5)9(17)18)8(16)6(15)3-13-14-11/h1-2,6,8,15-16H,3H2,(H,17,18). The average Bonchev–Trinajstić information content (AvgIpc) is 2.34. The fourth-order valence-electron chi connectivity index (χ4n) is 1.21. The van der Waals surface area contributed by atoms with Crippen LogP contribution < -0.4 is 0 Å². The van der Waals surface area contributed by atoms with Crippen molar-refractivity contribution >= 4 is 17.6 Å². The number of pyridine rings is 1. The second kappa shape index (κ2) is 6.18. The van der Waals surface area contributed by atoms with Crippen LogP contribution in [0.3, 0.4) is 0 Å². The summed E-state index contributed by atoms with van der Waals surface area (Å²) in [6.45, 7) is -0.323. The highest BCUT2D eigenvalue weighted by atomic mass is 35.5. The van der Waals surface area contributed by atoms with Gasteiger partial charge in [0.15, 0.2) is 5.69 Å². The van der Waals surface area contributed by atoms with Crippen LogP contribution in [-0.2, 0) is 0 Å². The van der Waals surface area contributed by atoms with Gasteiger partial charge in [-0.3, -0.25) is 0 Å². The van der Waals surface area contributed by atoms with E-state index in [9.17, 15) is 15.0 Å². The van der Waals surface area contributed by atoms with Gasteiger partial charge in [-0.15, -0.1) is 0 Å². The fraction of sp³-hybridized carbons (Fsp3) is 0.333. The SMILES string of the molecule is [N-]=[N+]=NCC(O)C(O)c1cnc(C(=O)O)c(Cl)c1. The number of carboxylic acid groups (broad SMARTS) is 1. The second-order valence-electron chi connectivity index (χ2n) is 3.33. The Hall–Kier alpha value is -1.86. The number of aliphatic hydroxyl groups is 2. The van der Waals surface area contributed by atoms with E-state index < -0.39 is 18.2 Å². The van der Waals surface area contributed by atoms with Crippen LogP contribution in [0.15, 0.2) is 17.4 Å². The monoisotopic (exact) mass is 272 g/mol. The summed E-state index contributed by atoms with van der Waals surface area (Å²) in [5.74, 6) is -1.30. The normalized spacial score (nSPS) is 13.5. The van der Waals surface area contributed by atoms with Crippen molar-refractivity contribution < 1.29 is 20.1 Å². The Labute approximate surface area is 106 Å². The molecule has 3 N–H and O–H groups in total. The molecule has 1 aromatic heterocycles. The summed E-state index contributed by atoms with van der Waals surface area (Å²) in [4.78, 5) is 16.7. The third kappa shape index (κ3) is 3.31. The molecule has 96 valence electrons. The lowest BCUT2D eigenvalue weighted by Crippen LogP contribution is -2.21. The molecule has 18 heavy (non-hydrogen) atoms. The number of hydrogen-bond donors (Lipinski definition) is 3. The Kier molecular flexibility index (Phi) is 4.87. The molecular weight excluding hydrogens is 264 g/mol. The summed E-state index contributed by atoms with van der Waals surface area (Å²) >= 11 is 5.66. The van der Waals surface area contributed by atoms with Crippen molar-refractivity contribution in [3.63, 3.8) is 0 Å². The van der Waals surface area contributed by atoms with E-state index in [2.05, 4.69) is 15.0 Å². The molecule has 0 spiro atoms. The van der Waals surface area contributed by atoms with E-state index >= 15 is 0 Å². The number of carboxylic acids is 1. The number of hydrogen-bond acceptors (Lipinski definition) is 5. The molecule has 8 nitrogen and oxygen atoms in total. The van der Waals surface area contributed by atoms with Gasteiger partial charge in [-0.05, 0) is 11.6 Å². The highest BCUT2D eigenvalue weighted by molar-refractivity contribution is 6.33. The number of aliphatic hydroxyl groups excluding tert-OH is 2. The first-order valence-corrected chi connectivity index (χ1v) is 5.11. The van der Waals surface area contributed by atoms with Crippen LogP contribution in [0.25, 0.3) is 10.4 Å². The molecule has 1 aromatic rings. The second-order valence-corrected chi connectivity index (χ2v) is 3.74. The van der Waals surface area contributed by atoms with E-state index in [0.717, 1.165) is 6.20 Å². The van der Waals surface area contributed by atoms with E-state index in [1.807, 2.05) is 0 Å². The Morgan fingerprint density at radius 2 is 2.28 bits per heavy atom. The third-order valence-electron chi connectivity index (χ3n) is 2.10. The van der Waals surface area contributed by atoms with Crippen LogP contribution in [0.5, 0.6) is 0 Å². The van der Waals surface area contributed by atoms with Gasteiger partial charge in [0.05, 0.1) is 17.7 Å². The van der Waals surface area contributed by atoms with E-state index in [-0.39, 0.29) is 22.8 Å². The third-order valence-corrected chi connectivity index (χ3v) is 2.39. The van der Waals surface area contributed by atoms with E-state index in [4.69, 9.17) is 22.2 Å². The summed E-state index contributed by atoms with van der Waals surface area (Å²) in [5, 5.41) is 30.8. The zero-order valence-corrected chi connectivity index (χ0v) is 9.69. The maximum absolute atomic E-state index is 10.7. The minimum Gasteiger partial charge on any atom is -0.476 e. The molecule has 0 aliphatic carbocycles. The minimum atomic E-state index is -1.37. The molecule has 0 saturated carbocycles. The molecule has 2 atom stereocenters. The Bertz CT molecular complexity index is 503. The van der Waals surface area contributed by atoms with Gasteiger partial charge in [-0.1, -0.05) is 16.7 Å². The van der Waals surface area contributed by atoms with Crippen molar-refractivity contribution in [1.29, 1.82) is 0 Å². The number of nitrogens with zero attached hydrogens (tertiary/aromatic N) is 4. The predicted molar refractivity (Wildman–Crippen MR) is 61.2 cm³/mol. The average molecular weight is 273 g/mol. The summed E-state index contributed by atoms with van der Waals surface area (Å²) in [7, 11) is 0. The van der Waals surface area contributed by atoms with Gasteiger partial charge < -0.3 is 15.3 Å². The lowest BCUT2D eigenvalue weighted by Gasteiger charge is -2.16. The highest BCUT2D eigenvalue weighted by Crippen LogP contribution is 2.22. The first kappa shape index (κ1) is 14.2. The maximum atomic E-state index is 10.7. The Balaban J connectivity index is 2.93. The van der Waals surface area contributed by atoms with Crippen LogP contribution in [0.1, 0.15) is 22.2 Å². The Morgan fingerprint density at radius 3 is 2.78 bits per heavy atom. The quantitative estimate of drug-likeness (QED) is 0.419. The summed E-state index contributed by atoms with van der Waals surface area (Å²) in [5.41, 5.74) is 7.86. The summed E-state index contributed by atoms with van der Waals surface area (Å²) in [6, 6.07) is 1.18. The van der Waals surface area contributed by atoms with Crippen molar-refractivity contribution in [2.45, 2.75) is 12.2 Å². The van der Waals surface area contributed by atoms with Crippen molar-refractivity contribution in [2.75, 3.05) is 6.54 Å². The fourth-order valence-corrected chi connectivity index (χ4v) is 1.47. The van der Waals surface area contributed by atoms with E-state index in [0.29, 0.717) is 0 Å². The lowest BCUT2D eigenvalue weighted by molar-refractivity contribution is 0.0242. The van der Waals surface area contributed by atoms with Gasteiger partial charge in [-0.2, -0.15) is 0 Å². The molecule has 0 fully saturated rings. The zero-order valence-electron chi connectivity index (χ0n) is 8.93. The molecule has 9 heteroatoms.